The summed E-state index contributed by atoms with van der Waals surface area (Å²) in [6.07, 6.45) is 2.29. The van der Waals surface area contributed by atoms with Crippen molar-refractivity contribution in [3.63, 3.8) is 0 Å². The van der Waals surface area contributed by atoms with Crippen molar-refractivity contribution in [2.75, 3.05) is 19.0 Å². The number of nitrogens with zero attached hydrogens (tertiary/aromatic N) is 1. The average molecular weight is 475 g/mol. The molecule has 9 heteroatoms. The number of hydrogen-bond acceptors (Lipinski definition) is 6. The Morgan fingerprint density at radius 2 is 1.97 bits per heavy atom. The van der Waals surface area contributed by atoms with E-state index in [1.807, 2.05) is 19.9 Å². The Morgan fingerprint density at radius 3 is 2.62 bits per heavy atom. The summed E-state index contributed by atoms with van der Waals surface area (Å²) in [5.41, 5.74) is 1.16. The first-order valence-electron chi connectivity index (χ1n) is 9.96. The molecule has 2 aromatic carbocycles. The van der Waals surface area contributed by atoms with Crippen LogP contribution in [0.25, 0.3) is 6.08 Å². The van der Waals surface area contributed by atoms with Crippen molar-refractivity contribution in [1.29, 1.82) is 0 Å². The standard InChI is InChI=1S/C23H23ClN2O5S/c1-4-14(2)31-21-17(24)10-15(11-18(21)30-3)12-19-22(28)26(23(29)32-19)13-20(27)25-16-8-6-5-7-9-16/h5-12,14H,4,13H2,1-3H3,(H,25,27)/b19-12-/t14-/m0/s1. The van der Waals surface area contributed by atoms with E-state index in [-0.39, 0.29) is 17.6 Å². The number of imide groups is 1. The molecule has 1 aliphatic rings. The van der Waals surface area contributed by atoms with E-state index in [2.05, 4.69) is 5.32 Å². The first-order valence-corrected chi connectivity index (χ1v) is 11.2. The molecule has 0 radical (unpaired) electrons. The van der Waals surface area contributed by atoms with Crippen molar-refractivity contribution in [2.24, 2.45) is 0 Å². The monoisotopic (exact) mass is 474 g/mol. The number of anilines is 1. The maximum atomic E-state index is 12.7. The molecular weight excluding hydrogens is 452 g/mol. The summed E-state index contributed by atoms with van der Waals surface area (Å²) in [7, 11) is 1.50. The van der Waals surface area contributed by atoms with E-state index in [9.17, 15) is 14.4 Å². The molecule has 0 spiro atoms. The molecule has 168 valence electrons. The van der Waals surface area contributed by atoms with Gasteiger partial charge >= 0.3 is 0 Å². The highest BCUT2D eigenvalue weighted by Crippen LogP contribution is 2.39. The van der Waals surface area contributed by atoms with Gasteiger partial charge in [0.25, 0.3) is 11.1 Å². The van der Waals surface area contributed by atoms with Crippen molar-refractivity contribution >= 4 is 52.2 Å². The smallest absolute Gasteiger partial charge is 0.294 e. The number of thioether (sulfide) groups is 1. The van der Waals surface area contributed by atoms with Crippen molar-refractivity contribution < 1.29 is 23.9 Å². The molecule has 1 atom stereocenters. The van der Waals surface area contributed by atoms with Crippen LogP contribution in [-0.2, 0) is 9.59 Å². The van der Waals surface area contributed by atoms with Crippen LogP contribution >= 0.6 is 23.4 Å². The van der Waals surface area contributed by atoms with Gasteiger partial charge in [0.15, 0.2) is 11.5 Å². The lowest BCUT2D eigenvalue weighted by atomic mass is 10.1. The fourth-order valence-electron chi connectivity index (χ4n) is 2.88. The number of benzene rings is 2. The molecule has 0 bridgehead atoms. The summed E-state index contributed by atoms with van der Waals surface area (Å²) in [6, 6.07) is 12.1. The van der Waals surface area contributed by atoms with Gasteiger partial charge in [-0.05, 0) is 61.0 Å². The Labute approximate surface area is 195 Å². The van der Waals surface area contributed by atoms with Crippen LogP contribution in [0.1, 0.15) is 25.8 Å². The highest BCUT2D eigenvalue weighted by Gasteiger charge is 2.36. The molecule has 0 saturated carbocycles. The normalized spacial score (nSPS) is 15.8. The van der Waals surface area contributed by atoms with Crippen LogP contribution < -0.4 is 14.8 Å². The van der Waals surface area contributed by atoms with Gasteiger partial charge in [0.1, 0.15) is 6.54 Å². The predicted octanol–water partition coefficient (Wildman–Crippen LogP) is 5.20. The quantitative estimate of drug-likeness (QED) is 0.529. The molecule has 0 aromatic heterocycles. The van der Waals surface area contributed by atoms with E-state index < -0.39 is 17.1 Å². The lowest BCUT2D eigenvalue weighted by Gasteiger charge is -2.17. The van der Waals surface area contributed by atoms with E-state index in [0.717, 1.165) is 23.1 Å². The highest BCUT2D eigenvalue weighted by molar-refractivity contribution is 8.18. The zero-order chi connectivity index (χ0) is 23.3. The number of para-hydroxylation sites is 1. The third kappa shape index (κ3) is 5.63. The van der Waals surface area contributed by atoms with Gasteiger partial charge in [0.05, 0.1) is 23.1 Å². The van der Waals surface area contributed by atoms with Crippen LogP contribution in [0, 0.1) is 0 Å². The molecule has 1 heterocycles. The fourth-order valence-corrected chi connectivity index (χ4v) is 3.98. The van der Waals surface area contributed by atoms with Gasteiger partial charge < -0.3 is 14.8 Å². The van der Waals surface area contributed by atoms with Crippen LogP contribution in [0.2, 0.25) is 5.02 Å². The molecule has 3 amide bonds. The Balaban J connectivity index is 1.76. The van der Waals surface area contributed by atoms with Gasteiger partial charge in [-0.1, -0.05) is 36.7 Å². The van der Waals surface area contributed by atoms with E-state index in [0.29, 0.717) is 27.8 Å². The van der Waals surface area contributed by atoms with Gasteiger partial charge in [-0.2, -0.15) is 0 Å². The maximum absolute atomic E-state index is 12.7. The van der Waals surface area contributed by atoms with Crippen molar-refractivity contribution in [3.05, 3.63) is 58.0 Å². The molecule has 1 N–H and O–H groups in total. The van der Waals surface area contributed by atoms with Crippen LogP contribution in [0.3, 0.4) is 0 Å². The number of ether oxygens (including phenoxy) is 2. The first kappa shape index (κ1) is 23.7. The summed E-state index contributed by atoms with van der Waals surface area (Å²) in [4.78, 5) is 38.5. The lowest BCUT2D eigenvalue weighted by molar-refractivity contribution is -0.127. The SMILES string of the molecule is CC[C@H](C)Oc1c(Cl)cc(/C=C2\SC(=O)N(CC(=O)Nc3ccccc3)C2=O)cc1OC. The highest BCUT2D eigenvalue weighted by atomic mass is 35.5. The Kier molecular flexibility index (Phi) is 7.82. The number of amides is 3. The second kappa shape index (κ2) is 10.6. The second-order valence-corrected chi connectivity index (χ2v) is 8.45. The van der Waals surface area contributed by atoms with Crippen LogP contribution in [-0.4, -0.2) is 41.7 Å². The predicted molar refractivity (Wildman–Crippen MR) is 126 cm³/mol. The van der Waals surface area contributed by atoms with E-state index in [1.165, 1.54) is 7.11 Å². The largest absolute Gasteiger partial charge is 0.493 e. The van der Waals surface area contributed by atoms with Crippen LogP contribution in [0.5, 0.6) is 11.5 Å². The number of carbonyl (C=O) groups excluding carboxylic acids is 3. The Hall–Kier alpha value is -2.97. The second-order valence-electron chi connectivity index (χ2n) is 7.05. The summed E-state index contributed by atoms with van der Waals surface area (Å²) < 4.78 is 11.2. The molecule has 1 aliphatic heterocycles. The minimum atomic E-state index is -0.543. The summed E-state index contributed by atoms with van der Waals surface area (Å²) in [5.74, 6) is -0.161. The zero-order valence-corrected chi connectivity index (χ0v) is 19.5. The third-order valence-corrected chi connectivity index (χ3v) is 5.86. The van der Waals surface area contributed by atoms with Crippen molar-refractivity contribution in [1.82, 2.24) is 4.90 Å². The van der Waals surface area contributed by atoms with Gasteiger partial charge in [-0.15, -0.1) is 0 Å². The molecule has 32 heavy (non-hydrogen) atoms. The molecule has 7 nitrogen and oxygen atoms in total. The summed E-state index contributed by atoms with van der Waals surface area (Å²) >= 11 is 7.15. The Morgan fingerprint density at radius 1 is 1.25 bits per heavy atom. The van der Waals surface area contributed by atoms with E-state index in [4.69, 9.17) is 21.1 Å². The number of carbonyl (C=O) groups is 3. The number of nitrogens with one attached hydrogen (secondary N) is 1. The molecule has 1 fully saturated rings. The topological polar surface area (TPSA) is 84.9 Å². The molecule has 0 aliphatic carbocycles. The van der Waals surface area contributed by atoms with Crippen molar-refractivity contribution in [3.8, 4) is 11.5 Å². The van der Waals surface area contributed by atoms with Gasteiger partial charge in [-0.25, -0.2) is 0 Å². The van der Waals surface area contributed by atoms with Crippen LogP contribution in [0.4, 0.5) is 10.5 Å². The van der Waals surface area contributed by atoms with Crippen molar-refractivity contribution in [2.45, 2.75) is 26.4 Å². The van der Waals surface area contributed by atoms with Crippen LogP contribution in [0.15, 0.2) is 47.4 Å². The first-order chi connectivity index (χ1) is 15.3. The van der Waals surface area contributed by atoms with E-state index in [1.54, 1.807) is 42.5 Å². The molecule has 3 rings (SSSR count). The maximum Gasteiger partial charge on any atom is 0.294 e. The fraction of sp³-hybridized carbons (Fsp3) is 0.261. The number of hydrogen-bond donors (Lipinski definition) is 1. The average Bonchev–Trinajstić information content (AvgIpc) is 3.03. The van der Waals surface area contributed by atoms with Gasteiger partial charge in [0.2, 0.25) is 5.91 Å². The minimum absolute atomic E-state index is 0.0502. The van der Waals surface area contributed by atoms with Gasteiger partial charge in [-0.3, -0.25) is 19.3 Å². The minimum Gasteiger partial charge on any atom is -0.493 e. The van der Waals surface area contributed by atoms with Gasteiger partial charge in [0, 0.05) is 5.69 Å². The third-order valence-electron chi connectivity index (χ3n) is 4.68. The molecule has 2 aromatic rings. The molecule has 1 saturated heterocycles. The number of rotatable bonds is 8. The summed E-state index contributed by atoms with van der Waals surface area (Å²) in [5, 5.41) is 2.48. The number of halogens is 1. The summed E-state index contributed by atoms with van der Waals surface area (Å²) in [6.45, 7) is 3.55. The zero-order valence-electron chi connectivity index (χ0n) is 17.9. The molecular formula is C23H23ClN2O5S. The Bertz CT molecular complexity index is 1060. The lowest BCUT2D eigenvalue weighted by Crippen LogP contribution is -2.36. The molecule has 0 unspecified atom stereocenters. The van der Waals surface area contributed by atoms with E-state index >= 15 is 0 Å². The number of methoxy groups -OCH3 is 1.